The lowest BCUT2D eigenvalue weighted by Crippen LogP contribution is -2.10. The molecule has 1 saturated carbocycles. The van der Waals surface area contributed by atoms with Crippen LogP contribution in [-0.2, 0) is 10.5 Å². The molecule has 1 aromatic rings. The summed E-state index contributed by atoms with van der Waals surface area (Å²) < 4.78 is 5.30. The summed E-state index contributed by atoms with van der Waals surface area (Å²) in [6.45, 7) is 4.37. The van der Waals surface area contributed by atoms with Crippen molar-refractivity contribution in [2.75, 3.05) is 0 Å². The Hall–Kier alpha value is -0.840. The Kier molecular flexibility index (Phi) is 5.43. The first-order valence-electron chi connectivity index (χ1n) is 7.17. The minimum absolute atomic E-state index is 0.155. The summed E-state index contributed by atoms with van der Waals surface area (Å²) in [5, 5.41) is 4.60. The van der Waals surface area contributed by atoms with Crippen LogP contribution in [0.4, 0.5) is 0 Å². The Labute approximate surface area is 118 Å². The van der Waals surface area contributed by atoms with Crippen LogP contribution in [0.3, 0.4) is 0 Å². The molecule has 0 aromatic carbocycles. The lowest BCUT2D eigenvalue weighted by molar-refractivity contribution is -0.120. The van der Waals surface area contributed by atoms with Gasteiger partial charge in [-0.3, -0.25) is 4.79 Å². The van der Waals surface area contributed by atoms with Gasteiger partial charge >= 0.3 is 0 Å². The molecule has 1 aliphatic rings. The summed E-state index contributed by atoms with van der Waals surface area (Å²) >= 11 is 1.82. The minimum Gasteiger partial charge on any atom is -0.339 e. The van der Waals surface area contributed by atoms with Crippen molar-refractivity contribution in [3.8, 4) is 0 Å². The Morgan fingerprint density at radius 1 is 1.42 bits per heavy atom. The molecule has 4 nitrogen and oxygen atoms in total. The molecule has 1 aliphatic carbocycles. The van der Waals surface area contributed by atoms with E-state index < -0.39 is 0 Å². The maximum atomic E-state index is 12.0. The molecular weight excluding hydrogens is 260 g/mol. The lowest BCUT2D eigenvalue weighted by atomic mass is 9.99. The normalized spacial score (nSPS) is 22.2. The summed E-state index contributed by atoms with van der Waals surface area (Å²) in [7, 11) is 0. The standard InChI is InChI=1S/C14H22N2O2S/c1-3-10(2)19-9-13-15-14(18-16-13)11-7-5-4-6-8-12(11)17/h10-11H,3-9H2,1-2H3. The van der Waals surface area contributed by atoms with E-state index in [-0.39, 0.29) is 11.7 Å². The molecule has 0 spiro atoms. The zero-order valence-corrected chi connectivity index (χ0v) is 12.5. The van der Waals surface area contributed by atoms with E-state index in [1.807, 2.05) is 11.8 Å². The molecule has 1 aromatic heterocycles. The molecule has 5 heteroatoms. The van der Waals surface area contributed by atoms with Crippen LogP contribution < -0.4 is 0 Å². The van der Waals surface area contributed by atoms with Gasteiger partial charge in [-0.15, -0.1) is 0 Å². The topological polar surface area (TPSA) is 56.0 Å². The number of ketones is 1. The van der Waals surface area contributed by atoms with E-state index in [1.165, 1.54) is 0 Å². The fourth-order valence-corrected chi connectivity index (χ4v) is 3.01. The first-order valence-corrected chi connectivity index (χ1v) is 8.22. The SMILES string of the molecule is CCC(C)SCc1noc(C2CCCCCC2=O)n1. The maximum absolute atomic E-state index is 12.0. The van der Waals surface area contributed by atoms with Crippen LogP contribution in [-0.4, -0.2) is 21.2 Å². The predicted octanol–water partition coefficient (Wildman–Crippen LogP) is 3.72. The van der Waals surface area contributed by atoms with Crippen LogP contribution in [0, 0.1) is 0 Å². The van der Waals surface area contributed by atoms with Gasteiger partial charge in [-0.05, 0) is 19.3 Å². The van der Waals surface area contributed by atoms with Gasteiger partial charge in [-0.2, -0.15) is 16.7 Å². The number of nitrogens with zero attached hydrogens (tertiary/aromatic N) is 2. The van der Waals surface area contributed by atoms with Crippen molar-refractivity contribution >= 4 is 17.5 Å². The molecule has 0 saturated heterocycles. The quantitative estimate of drug-likeness (QED) is 0.770. The summed E-state index contributed by atoms with van der Waals surface area (Å²) in [5.74, 6) is 2.13. The third-order valence-corrected chi connectivity index (χ3v) is 4.99. The Morgan fingerprint density at radius 3 is 3.05 bits per heavy atom. The molecule has 2 atom stereocenters. The molecule has 0 radical (unpaired) electrons. The molecule has 1 heterocycles. The minimum atomic E-state index is -0.155. The van der Waals surface area contributed by atoms with Crippen molar-refractivity contribution in [2.45, 2.75) is 69.3 Å². The summed E-state index contributed by atoms with van der Waals surface area (Å²) in [6, 6.07) is 0. The first kappa shape index (κ1) is 14.6. The van der Waals surface area contributed by atoms with Gasteiger partial charge in [0.1, 0.15) is 5.78 Å². The van der Waals surface area contributed by atoms with E-state index in [9.17, 15) is 4.79 Å². The number of Topliss-reactive ketones (excluding diaryl/α,β-unsaturated/α-hetero) is 1. The van der Waals surface area contributed by atoms with Crippen LogP contribution >= 0.6 is 11.8 Å². The smallest absolute Gasteiger partial charge is 0.237 e. The third kappa shape index (κ3) is 4.06. The van der Waals surface area contributed by atoms with Crippen molar-refractivity contribution in [1.82, 2.24) is 10.1 Å². The van der Waals surface area contributed by atoms with E-state index >= 15 is 0 Å². The second-order valence-corrected chi connectivity index (χ2v) is 6.62. The maximum Gasteiger partial charge on any atom is 0.237 e. The molecule has 2 rings (SSSR count). The average molecular weight is 282 g/mol. The number of hydrogen-bond acceptors (Lipinski definition) is 5. The van der Waals surface area contributed by atoms with Crippen LogP contribution in [0.1, 0.15) is 70.0 Å². The average Bonchev–Trinajstić information content (AvgIpc) is 2.78. The van der Waals surface area contributed by atoms with Gasteiger partial charge < -0.3 is 4.52 Å². The molecule has 0 bridgehead atoms. The van der Waals surface area contributed by atoms with Gasteiger partial charge in [0.15, 0.2) is 5.82 Å². The van der Waals surface area contributed by atoms with Gasteiger partial charge in [0.2, 0.25) is 5.89 Å². The summed E-state index contributed by atoms with van der Waals surface area (Å²) in [4.78, 5) is 16.4. The molecule has 0 amide bonds. The molecular formula is C14H22N2O2S. The lowest BCUT2D eigenvalue weighted by Gasteiger charge is -2.06. The zero-order valence-electron chi connectivity index (χ0n) is 11.7. The number of thioether (sulfide) groups is 1. The molecule has 19 heavy (non-hydrogen) atoms. The number of aromatic nitrogens is 2. The van der Waals surface area contributed by atoms with Crippen molar-refractivity contribution in [2.24, 2.45) is 0 Å². The highest BCUT2D eigenvalue weighted by molar-refractivity contribution is 7.99. The zero-order chi connectivity index (χ0) is 13.7. The van der Waals surface area contributed by atoms with E-state index in [0.29, 0.717) is 17.6 Å². The highest BCUT2D eigenvalue weighted by Gasteiger charge is 2.27. The third-order valence-electron chi connectivity index (χ3n) is 3.66. The first-order chi connectivity index (χ1) is 9.20. The molecule has 2 unspecified atom stereocenters. The van der Waals surface area contributed by atoms with Crippen molar-refractivity contribution < 1.29 is 9.32 Å². The Morgan fingerprint density at radius 2 is 2.26 bits per heavy atom. The Balaban J connectivity index is 1.97. The van der Waals surface area contributed by atoms with Gasteiger partial charge in [0.05, 0.1) is 11.7 Å². The van der Waals surface area contributed by atoms with Crippen molar-refractivity contribution in [1.29, 1.82) is 0 Å². The van der Waals surface area contributed by atoms with Crippen LogP contribution in [0.15, 0.2) is 4.52 Å². The molecule has 106 valence electrons. The van der Waals surface area contributed by atoms with Gasteiger partial charge in [-0.1, -0.05) is 31.8 Å². The highest BCUT2D eigenvalue weighted by atomic mass is 32.2. The number of carbonyl (C=O) groups is 1. The second-order valence-electron chi connectivity index (χ2n) is 5.20. The van der Waals surface area contributed by atoms with E-state index in [2.05, 4.69) is 24.0 Å². The van der Waals surface area contributed by atoms with Crippen LogP contribution in [0.2, 0.25) is 0 Å². The second kappa shape index (κ2) is 7.08. The molecule has 0 N–H and O–H groups in total. The molecule has 0 aliphatic heterocycles. The largest absolute Gasteiger partial charge is 0.339 e. The van der Waals surface area contributed by atoms with Gasteiger partial charge in [0.25, 0.3) is 0 Å². The van der Waals surface area contributed by atoms with Gasteiger partial charge in [0, 0.05) is 11.7 Å². The summed E-state index contributed by atoms with van der Waals surface area (Å²) in [5.41, 5.74) is 0. The fraction of sp³-hybridized carbons (Fsp3) is 0.786. The monoisotopic (exact) mass is 282 g/mol. The van der Waals surface area contributed by atoms with Crippen molar-refractivity contribution in [3.05, 3.63) is 11.7 Å². The van der Waals surface area contributed by atoms with Gasteiger partial charge in [-0.25, -0.2) is 0 Å². The van der Waals surface area contributed by atoms with Crippen LogP contribution in [0.25, 0.3) is 0 Å². The van der Waals surface area contributed by atoms with Crippen LogP contribution in [0.5, 0.6) is 0 Å². The number of hydrogen-bond donors (Lipinski definition) is 0. The Bertz CT molecular complexity index is 419. The summed E-state index contributed by atoms with van der Waals surface area (Å²) in [6.07, 6.45) is 5.86. The predicted molar refractivity (Wildman–Crippen MR) is 76.2 cm³/mol. The van der Waals surface area contributed by atoms with E-state index in [1.54, 1.807) is 0 Å². The number of carbonyl (C=O) groups excluding carboxylic acids is 1. The van der Waals surface area contributed by atoms with E-state index in [4.69, 9.17) is 4.52 Å². The number of rotatable bonds is 5. The molecule has 1 fully saturated rings. The van der Waals surface area contributed by atoms with Crippen molar-refractivity contribution in [3.63, 3.8) is 0 Å². The van der Waals surface area contributed by atoms with E-state index in [0.717, 1.165) is 43.7 Å². The highest BCUT2D eigenvalue weighted by Crippen LogP contribution is 2.28. The fourth-order valence-electron chi connectivity index (χ4n) is 2.22.